The van der Waals surface area contributed by atoms with E-state index in [4.69, 9.17) is 11.6 Å². The largest absolute Gasteiger partial charge is 0.243 e. The Morgan fingerprint density at radius 2 is 2.29 bits per heavy atom. The Hall–Kier alpha value is -0.130. The van der Waals surface area contributed by atoms with E-state index in [9.17, 15) is 8.42 Å². The summed E-state index contributed by atoms with van der Waals surface area (Å²) in [5.41, 5.74) is 0.765. The van der Waals surface area contributed by atoms with Gasteiger partial charge in [0.1, 0.15) is 9.75 Å². The van der Waals surface area contributed by atoms with Crippen LogP contribution >= 0.6 is 22.9 Å². The molecule has 78 valence electrons. The monoisotopic (exact) mass is 251 g/mol. The van der Waals surface area contributed by atoms with Crippen molar-refractivity contribution in [1.82, 2.24) is 4.98 Å². The highest BCUT2D eigenvalue weighted by Gasteiger charge is 2.55. The van der Waals surface area contributed by atoms with Crippen molar-refractivity contribution in [1.29, 1.82) is 0 Å². The Morgan fingerprint density at radius 3 is 2.64 bits per heavy atom. The highest BCUT2D eigenvalue weighted by atomic mass is 35.5. The van der Waals surface area contributed by atoms with Gasteiger partial charge in [-0.05, 0) is 12.8 Å². The first-order valence-corrected chi connectivity index (χ1v) is 7.50. The molecule has 1 heterocycles. The molecule has 0 spiro atoms. The highest BCUT2D eigenvalue weighted by molar-refractivity contribution is 7.92. The molecule has 0 saturated heterocycles. The molecule has 1 aromatic rings. The van der Waals surface area contributed by atoms with Crippen LogP contribution in [-0.2, 0) is 20.5 Å². The second kappa shape index (κ2) is 3.18. The molecule has 1 fully saturated rings. The lowest BCUT2D eigenvalue weighted by Crippen LogP contribution is -2.18. The summed E-state index contributed by atoms with van der Waals surface area (Å²) in [6, 6.07) is 0. The molecule has 1 aromatic heterocycles. The molecule has 1 aliphatic rings. The van der Waals surface area contributed by atoms with Gasteiger partial charge < -0.3 is 0 Å². The summed E-state index contributed by atoms with van der Waals surface area (Å²) in [6.45, 7) is 0. The maximum absolute atomic E-state index is 11.5. The van der Waals surface area contributed by atoms with Gasteiger partial charge in [-0.1, -0.05) is 0 Å². The van der Waals surface area contributed by atoms with Gasteiger partial charge in [0.25, 0.3) is 0 Å². The topological polar surface area (TPSA) is 47.0 Å². The van der Waals surface area contributed by atoms with Crippen molar-refractivity contribution in [3.8, 4) is 0 Å². The van der Waals surface area contributed by atoms with Gasteiger partial charge in [-0.2, -0.15) is 0 Å². The molecule has 2 rings (SSSR count). The zero-order valence-electron chi connectivity index (χ0n) is 7.66. The van der Waals surface area contributed by atoms with E-state index in [2.05, 4.69) is 4.98 Å². The standard InChI is InChI=1S/C8H10ClNO2S2/c1-14(11,12)8(2-3-8)7-10-6(4-9)5-13-7/h5H,2-4H2,1H3. The summed E-state index contributed by atoms with van der Waals surface area (Å²) in [6.07, 6.45) is 2.67. The minimum atomic E-state index is -3.03. The fourth-order valence-corrected chi connectivity index (χ4v) is 4.44. The summed E-state index contributed by atoms with van der Waals surface area (Å²) in [4.78, 5) is 4.24. The average Bonchev–Trinajstić information content (AvgIpc) is 2.79. The van der Waals surface area contributed by atoms with Crippen LogP contribution < -0.4 is 0 Å². The van der Waals surface area contributed by atoms with Crippen LogP contribution in [0.3, 0.4) is 0 Å². The van der Waals surface area contributed by atoms with Gasteiger partial charge in [0.05, 0.1) is 11.6 Å². The number of rotatable bonds is 3. The van der Waals surface area contributed by atoms with Crippen molar-refractivity contribution < 1.29 is 8.42 Å². The third-order valence-electron chi connectivity index (χ3n) is 2.49. The molecule has 6 heteroatoms. The van der Waals surface area contributed by atoms with Crippen LogP contribution in [0.5, 0.6) is 0 Å². The molecular weight excluding hydrogens is 242 g/mol. The van der Waals surface area contributed by atoms with Gasteiger partial charge in [0.2, 0.25) is 0 Å². The normalized spacial score (nSPS) is 19.6. The lowest BCUT2D eigenvalue weighted by Gasteiger charge is -2.08. The second-order valence-electron chi connectivity index (χ2n) is 3.54. The smallest absolute Gasteiger partial charge is 0.159 e. The molecule has 0 N–H and O–H groups in total. The van der Waals surface area contributed by atoms with E-state index in [1.54, 1.807) is 0 Å². The zero-order chi connectivity index (χ0) is 10.4. The van der Waals surface area contributed by atoms with Crippen molar-refractivity contribution in [3.63, 3.8) is 0 Å². The minimum Gasteiger partial charge on any atom is -0.243 e. The zero-order valence-corrected chi connectivity index (χ0v) is 10.0. The van der Waals surface area contributed by atoms with E-state index in [1.165, 1.54) is 17.6 Å². The number of hydrogen-bond donors (Lipinski definition) is 0. The Morgan fingerprint density at radius 1 is 1.64 bits per heavy atom. The van der Waals surface area contributed by atoms with E-state index in [-0.39, 0.29) is 0 Å². The summed E-state index contributed by atoms with van der Waals surface area (Å²) in [5, 5.41) is 2.53. The Balaban J connectivity index is 2.41. The summed E-state index contributed by atoms with van der Waals surface area (Å²) < 4.78 is 22.4. The van der Waals surface area contributed by atoms with Crippen molar-refractivity contribution >= 4 is 32.8 Å². The number of halogens is 1. The van der Waals surface area contributed by atoms with Gasteiger partial charge in [-0.15, -0.1) is 22.9 Å². The first kappa shape index (κ1) is 10.4. The Bertz CT molecular complexity index is 448. The third kappa shape index (κ3) is 1.47. The summed E-state index contributed by atoms with van der Waals surface area (Å²) in [5.74, 6) is 0.344. The van der Waals surface area contributed by atoms with Gasteiger partial charge in [0, 0.05) is 11.6 Å². The van der Waals surface area contributed by atoms with Crippen LogP contribution in [0.2, 0.25) is 0 Å². The van der Waals surface area contributed by atoms with Crippen LogP contribution in [0.25, 0.3) is 0 Å². The number of aromatic nitrogens is 1. The molecule has 0 unspecified atom stereocenters. The highest BCUT2D eigenvalue weighted by Crippen LogP contribution is 2.53. The molecule has 1 aliphatic carbocycles. The number of nitrogens with zero attached hydrogens (tertiary/aromatic N) is 1. The summed E-state index contributed by atoms with van der Waals surface area (Å²) in [7, 11) is -3.03. The van der Waals surface area contributed by atoms with Crippen molar-refractivity contribution in [3.05, 3.63) is 16.1 Å². The maximum Gasteiger partial charge on any atom is 0.159 e. The van der Waals surface area contributed by atoms with Gasteiger partial charge in [0.15, 0.2) is 9.84 Å². The summed E-state index contributed by atoms with van der Waals surface area (Å²) >= 11 is 7.02. The maximum atomic E-state index is 11.5. The quantitative estimate of drug-likeness (QED) is 0.771. The molecule has 3 nitrogen and oxygen atoms in total. The van der Waals surface area contributed by atoms with E-state index < -0.39 is 14.6 Å². The lowest BCUT2D eigenvalue weighted by atomic mass is 10.4. The van der Waals surface area contributed by atoms with Gasteiger partial charge in [-0.25, -0.2) is 13.4 Å². The fourth-order valence-electron chi connectivity index (χ4n) is 1.43. The predicted molar refractivity (Wildman–Crippen MR) is 57.4 cm³/mol. The van der Waals surface area contributed by atoms with Crippen LogP contribution in [0, 0.1) is 0 Å². The predicted octanol–water partition coefficient (Wildman–Crippen LogP) is 1.92. The Kier molecular flexibility index (Phi) is 2.36. The SMILES string of the molecule is CS(=O)(=O)C1(c2nc(CCl)cs2)CC1. The molecule has 1 saturated carbocycles. The van der Waals surface area contributed by atoms with Gasteiger partial charge in [-0.3, -0.25) is 0 Å². The van der Waals surface area contributed by atoms with E-state index in [1.807, 2.05) is 5.38 Å². The van der Waals surface area contributed by atoms with Crippen LogP contribution in [0.15, 0.2) is 5.38 Å². The Labute approximate surface area is 92.0 Å². The number of sulfone groups is 1. The second-order valence-corrected chi connectivity index (χ2v) is 7.00. The molecule has 0 amide bonds. The van der Waals surface area contributed by atoms with E-state index in [0.717, 1.165) is 5.69 Å². The minimum absolute atomic E-state index is 0.344. The first-order chi connectivity index (χ1) is 6.49. The number of hydrogen-bond acceptors (Lipinski definition) is 4. The molecule has 0 radical (unpaired) electrons. The first-order valence-electron chi connectivity index (χ1n) is 4.20. The van der Waals surface area contributed by atoms with Gasteiger partial charge >= 0.3 is 0 Å². The lowest BCUT2D eigenvalue weighted by molar-refractivity contribution is 0.586. The molecule has 0 bridgehead atoms. The molecule has 0 atom stereocenters. The molecular formula is C8H10ClNO2S2. The van der Waals surface area contributed by atoms with Crippen LogP contribution in [-0.4, -0.2) is 19.7 Å². The number of thiazole rings is 1. The van der Waals surface area contributed by atoms with E-state index in [0.29, 0.717) is 23.7 Å². The van der Waals surface area contributed by atoms with Crippen molar-refractivity contribution in [2.24, 2.45) is 0 Å². The average molecular weight is 252 g/mol. The van der Waals surface area contributed by atoms with Crippen molar-refractivity contribution in [2.75, 3.05) is 6.26 Å². The fraction of sp³-hybridized carbons (Fsp3) is 0.625. The molecule has 0 aromatic carbocycles. The van der Waals surface area contributed by atoms with Crippen molar-refractivity contribution in [2.45, 2.75) is 23.5 Å². The van der Waals surface area contributed by atoms with Crippen LogP contribution in [0.4, 0.5) is 0 Å². The van der Waals surface area contributed by atoms with E-state index >= 15 is 0 Å². The molecule has 0 aliphatic heterocycles. The third-order valence-corrected chi connectivity index (χ3v) is 6.01. The molecule has 14 heavy (non-hydrogen) atoms. The number of alkyl halides is 1. The van der Waals surface area contributed by atoms with Crippen LogP contribution in [0.1, 0.15) is 23.5 Å².